The van der Waals surface area contributed by atoms with Crippen LogP contribution in [0.15, 0.2) is 18.5 Å². The molecule has 5 heteroatoms. The van der Waals surface area contributed by atoms with Crippen molar-refractivity contribution < 1.29 is 0 Å². The van der Waals surface area contributed by atoms with Crippen molar-refractivity contribution in [2.45, 2.75) is 44.2 Å². The van der Waals surface area contributed by atoms with E-state index in [1.165, 1.54) is 32.1 Å². The topological polar surface area (TPSA) is 67.1 Å². The number of piperidine rings is 1. The van der Waals surface area contributed by atoms with E-state index < -0.39 is 0 Å². The predicted octanol–water partition coefficient (Wildman–Crippen LogP) is 1.16. The number of rotatable bonds is 4. The molecular weight excluding hydrogens is 250 g/mol. The zero-order valence-electron chi connectivity index (χ0n) is 12.0. The van der Waals surface area contributed by atoms with E-state index in [1.807, 2.05) is 18.5 Å². The van der Waals surface area contributed by atoms with Crippen molar-refractivity contribution in [1.29, 1.82) is 0 Å². The normalized spacial score (nSPS) is 30.6. The molecule has 1 aliphatic heterocycles. The summed E-state index contributed by atoms with van der Waals surface area (Å²) in [6.45, 7) is 2.89. The van der Waals surface area contributed by atoms with Crippen LogP contribution in [0, 0.1) is 5.92 Å². The number of hydrogen-bond donors (Lipinski definition) is 2. The highest BCUT2D eigenvalue weighted by molar-refractivity contribution is 5.29. The molecular formula is C15H25N5. The Hall–Kier alpha value is -1.20. The Labute approximate surface area is 121 Å². The lowest BCUT2D eigenvalue weighted by Crippen LogP contribution is -2.51. The fourth-order valence-corrected chi connectivity index (χ4v) is 3.59. The summed E-state index contributed by atoms with van der Waals surface area (Å²) in [5.74, 6) is 1.53. The molecule has 0 bridgehead atoms. The summed E-state index contributed by atoms with van der Waals surface area (Å²) in [7, 11) is 0. The number of nitrogens with one attached hydrogen (secondary N) is 1. The first-order valence-corrected chi connectivity index (χ1v) is 7.85. The molecule has 20 heavy (non-hydrogen) atoms. The van der Waals surface area contributed by atoms with E-state index in [9.17, 15) is 0 Å². The molecule has 1 aromatic heterocycles. The zero-order chi connectivity index (χ0) is 13.8. The fourth-order valence-electron chi connectivity index (χ4n) is 3.59. The standard InChI is InChI=1S/C15H25N5/c16-10-12-4-1-6-14(12)19-13-5-2-9-20(11-13)15-17-7-3-8-18-15/h3,7-8,12-14,19H,1-2,4-6,9-11,16H2. The third kappa shape index (κ3) is 3.10. The fraction of sp³-hybridized carbons (Fsp3) is 0.733. The molecule has 3 N–H and O–H groups in total. The van der Waals surface area contributed by atoms with Gasteiger partial charge in [-0.15, -0.1) is 0 Å². The van der Waals surface area contributed by atoms with Gasteiger partial charge in [-0.05, 0) is 44.2 Å². The highest BCUT2D eigenvalue weighted by Gasteiger charge is 2.30. The van der Waals surface area contributed by atoms with Gasteiger partial charge in [-0.3, -0.25) is 0 Å². The summed E-state index contributed by atoms with van der Waals surface area (Å²) >= 11 is 0. The summed E-state index contributed by atoms with van der Waals surface area (Å²) < 4.78 is 0. The highest BCUT2D eigenvalue weighted by atomic mass is 15.3. The third-order valence-corrected chi connectivity index (χ3v) is 4.67. The van der Waals surface area contributed by atoms with Gasteiger partial charge in [-0.1, -0.05) is 6.42 Å². The van der Waals surface area contributed by atoms with E-state index in [1.54, 1.807) is 0 Å². The van der Waals surface area contributed by atoms with Gasteiger partial charge in [0, 0.05) is 37.6 Å². The smallest absolute Gasteiger partial charge is 0.225 e. The van der Waals surface area contributed by atoms with Crippen LogP contribution < -0.4 is 16.0 Å². The van der Waals surface area contributed by atoms with Gasteiger partial charge in [0.1, 0.15) is 0 Å². The number of hydrogen-bond acceptors (Lipinski definition) is 5. The van der Waals surface area contributed by atoms with Crippen LogP contribution in [0.2, 0.25) is 0 Å². The minimum atomic E-state index is 0.546. The lowest BCUT2D eigenvalue weighted by atomic mass is 10.00. The van der Waals surface area contributed by atoms with Gasteiger partial charge in [-0.25, -0.2) is 9.97 Å². The largest absolute Gasteiger partial charge is 0.339 e. The van der Waals surface area contributed by atoms with Gasteiger partial charge in [0.2, 0.25) is 5.95 Å². The van der Waals surface area contributed by atoms with Crippen molar-refractivity contribution in [3.8, 4) is 0 Å². The van der Waals surface area contributed by atoms with E-state index in [-0.39, 0.29) is 0 Å². The molecule has 0 radical (unpaired) electrons. The second kappa shape index (κ2) is 6.50. The van der Waals surface area contributed by atoms with Crippen LogP contribution in [0.25, 0.3) is 0 Å². The molecule has 1 aliphatic carbocycles. The first-order chi connectivity index (χ1) is 9.86. The maximum atomic E-state index is 5.88. The van der Waals surface area contributed by atoms with Gasteiger partial charge in [0.25, 0.3) is 0 Å². The van der Waals surface area contributed by atoms with E-state index >= 15 is 0 Å². The van der Waals surface area contributed by atoms with Crippen LogP contribution in [-0.4, -0.2) is 41.7 Å². The lowest BCUT2D eigenvalue weighted by Gasteiger charge is -2.35. The van der Waals surface area contributed by atoms with Crippen molar-refractivity contribution in [2.75, 3.05) is 24.5 Å². The van der Waals surface area contributed by atoms with Crippen LogP contribution in [0.1, 0.15) is 32.1 Å². The lowest BCUT2D eigenvalue weighted by molar-refractivity contribution is 0.327. The average molecular weight is 275 g/mol. The van der Waals surface area contributed by atoms with Gasteiger partial charge in [0.15, 0.2) is 0 Å². The van der Waals surface area contributed by atoms with E-state index in [2.05, 4.69) is 20.2 Å². The SMILES string of the molecule is NCC1CCCC1NC1CCCN(c2ncccn2)C1. The summed E-state index contributed by atoms with van der Waals surface area (Å²) in [6.07, 6.45) is 9.97. The summed E-state index contributed by atoms with van der Waals surface area (Å²) in [5, 5.41) is 3.84. The number of nitrogens with two attached hydrogens (primary N) is 1. The maximum absolute atomic E-state index is 5.88. The molecule has 110 valence electrons. The first kappa shape index (κ1) is 13.8. The minimum absolute atomic E-state index is 0.546. The van der Waals surface area contributed by atoms with Crippen LogP contribution in [0.3, 0.4) is 0 Å². The predicted molar refractivity (Wildman–Crippen MR) is 80.6 cm³/mol. The highest BCUT2D eigenvalue weighted by Crippen LogP contribution is 2.26. The van der Waals surface area contributed by atoms with Crippen molar-refractivity contribution in [1.82, 2.24) is 15.3 Å². The van der Waals surface area contributed by atoms with Crippen LogP contribution in [-0.2, 0) is 0 Å². The molecule has 3 atom stereocenters. The molecule has 1 aromatic rings. The average Bonchev–Trinajstić information content (AvgIpc) is 2.96. The van der Waals surface area contributed by atoms with Crippen LogP contribution >= 0.6 is 0 Å². The Kier molecular flexibility index (Phi) is 4.47. The van der Waals surface area contributed by atoms with Crippen molar-refractivity contribution in [3.63, 3.8) is 0 Å². The van der Waals surface area contributed by atoms with Gasteiger partial charge in [-0.2, -0.15) is 0 Å². The Bertz CT molecular complexity index is 410. The Balaban J connectivity index is 1.58. The van der Waals surface area contributed by atoms with Crippen LogP contribution in [0.5, 0.6) is 0 Å². The zero-order valence-corrected chi connectivity index (χ0v) is 12.0. The minimum Gasteiger partial charge on any atom is -0.339 e. The monoisotopic (exact) mass is 275 g/mol. The summed E-state index contributed by atoms with van der Waals surface area (Å²) in [6, 6.07) is 3.03. The molecule has 0 amide bonds. The van der Waals surface area contributed by atoms with Crippen molar-refractivity contribution in [3.05, 3.63) is 18.5 Å². The van der Waals surface area contributed by atoms with Gasteiger partial charge >= 0.3 is 0 Å². The maximum Gasteiger partial charge on any atom is 0.225 e. The van der Waals surface area contributed by atoms with E-state index in [0.29, 0.717) is 18.0 Å². The molecule has 3 rings (SSSR count). The molecule has 0 spiro atoms. The Morgan fingerprint density at radius 1 is 1.20 bits per heavy atom. The Morgan fingerprint density at radius 3 is 2.85 bits per heavy atom. The number of nitrogens with zero attached hydrogens (tertiary/aromatic N) is 3. The number of aromatic nitrogens is 2. The third-order valence-electron chi connectivity index (χ3n) is 4.67. The van der Waals surface area contributed by atoms with Crippen LogP contribution in [0.4, 0.5) is 5.95 Å². The van der Waals surface area contributed by atoms with Crippen molar-refractivity contribution in [2.24, 2.45) is 11.7 Å². The van der Waals surface area contributed by atoms with E-state index in [0.717, 1.165) is 25.6 Å². The second-order valence-electron chi connectivity index (χ2n) is 6.03. The van der Waals surface area contributed by atoms with E-state index in [4.69, 9.17) is 5.73 Å². The molecule has 3 unspecified atom stereocenters. The molecule has 2 fully saturated rings. The molecule has 2 heterocycles. The first-order valence-electron chi connectivity index (χ1n) is 7.85. The molecule has 1 saturated heterocycles. The van der Waals surface area contributed by atoms with Gasteiger partial charge in [0.05, 0.1) is 0 Å². The molecule has 0 aromatic carbocycles. The Morgan fingerprint density at radius 2 is 2.05 bits per heavy atom. The quantitative estimate of drug-likeness (QED) is 0.863. The molecule has 5 nitrogen and oxygen atoms in total. The second-order valence-corrected chi connectivity index (χ2v) is 6.03. The number of anilines is 1. The molecule has 2 aliphatic rings. The summed E-state index contributed by atoms with van der Waals surface area (Å²) in [4.78, 5) is 11.0. The van der Waals surface area contributed by atoms with Crippen molar-refractivity contribution >= 4 is 5.95 Å². The van der Waals surface area contributed by atoms with Gasteiger partial charge < -0.3 is 16.0 Å². The molecule has 1 saturated carbocycles. The summed E-state index contributed by atoms with van der Waals surface area (Å²) in [5.41, 5.74) is 5.88.